The molecule has 0 unspecified atom stereocenters. The van der Waals surface area contributed by atoms with Crippen molar-refractivity contribution in [3.05, 3.63) is 46.7 Å². The van der Waals surface area contributed by atoms with Crippen LogP contribution in [-0.4, -0.2) is 30.7 Å². The number of carbonyl (C=O) groups is 1. The minimum atomic E-state index is 0.0190. The van der Waals surface area contributed by atoms with Crippen LogP contribution in [-0.2, 0) is 11.3 Å². The Morgan fingerprint density at radius 2 is 2.10 bits per heavy atom. The van der Waals surface area contributed by atoms with E-state index in [4.69, 9.17) is 0 Å². The van der Waals surface area contributed by atoms with Crippen LogP contribution in [0.3, 0.4) is 0 Å². The number of carbonyl (C=O) groups excluding carboxylic acids is 1. The van der Waals surface area contributed by atoms with E-state index in [9.17, 15) is 4.79 Å². The number of anilines is 1. The molecule has 0 aliphatic heterocycles. The summed E-state index contributed by atoms with van der Waals surface area (Å²) in [5.74, 6) is 0.0190. The predicted molar refractivity (Wildman–Crippen MR) is 87.5 cm³/mol. The lowest BCUT2D eigenvalue weighted by Gasteiger charge is -2.16. The number of nitrogens with zero attached hydrogens (tertiary/aromatic N) is 1. The smallest absolute Gasteiger partial charge is 0.238 e. The van der Waals surface area contributed by atoms with Crippen LogP contribution in [0.5, 0.6) is 0 Å². The van der Waals surface area contributed by atoms with Crippen LogP contribution >= 0.6 is 23.1 Å². The van der Waals surface area contributed by atoms with Crippen LogP contribution in [0.4, 0.5) is 5.69 Å². The van der Waals surface area contributed by atoms with Crippen molar-refractivity contribution in [2.75, 3.05) is 25.2 Å². The predicted octanol–water partition coefficient (Wildman–Crippen LogP) is 3.54. The zero-order valence-electron chi connectivity index (χ0n) is 11.6. The number of thiophene rings is 1. The second kappa shape index (κ2) is 7.47. The highest BCUT2D eigenvalue weighted by atomic mass is 32.2. The van der Waals surface area contributed by atoms with Crippen molar-refractivity contribution in [1.29, 1.82) is 0 Å². The molecule has 0 aliphatic rings. The molecule has 5 heteroatoms. The van der Waals surface area contributed by atoms with Gasteiger partial charge in [-0.15, -0.1) is 23.1 Å². The summed E-state index contributed by atoms with van der Waals surface area (Å²) < 4.78 is 0. The summed E-state index contributed by atoms with van der Waals surface area (Å²) in [6.45, 7) is 1.19. The number of para-hydroxylation sites is 1. The third-order valence-electron chi connectivity index (χ3n) is 2.80. The molecule has 106 valence electrons. The molecule has 2 aromatic rings. The lowest BCUT2D eigenvalue weighted by atomic mass is 10.3. The average molecular weight is 306 g/mol. The zero-order chi connectivity index (χ0) is 14.4. The van der Waals surface area contributed by atoms with E-state index in [-0.39, 0.29) is 5.91 Å². The van der Waals surface area contributed by atoms with Gasteiger partial charge in [0.25, 0.3) is 0 Å². The van der Waals surface area contributed by atoms with Gasteiger partial charge in [-0.3, -0.25) is 9.69 Å². The zero-order valence-corrected chi connectivity index (χ0v) is 13.3. The maximum Gasteiger partial charge on any atom is 0.238 e. The van der Waals surface area contributed by atoms with Crippen LogP contribution in [0.25, 0.3) is 0 Å². The van der Waals surface area contributed by atoms with Crippen molar-refractivity contribution in [3.63, 3.8) is 0 Å². The van der Waals surface area contributed by atoms with E-state index >= 15 is 0 Å². The molecule has 3 nitrogen and oxygen atoms in total. The lowest BCUT2D eigenvalue weighted by molar-refractivity contribution is -0.117. The first-order chi connectivity index (χ1) is 9.69. The first-order valence-corrected chi connectivity index (χ1v) is 8.43. The van der Waals surface area contributed by atoms with E-state index in [1.54, 1.807) is 23.1 Å². The van der Waals surface area contributed by atoms with Gasteiger partial charge in [0.15, 0.2) is 0 Å². The fraction of sp³-hybridized carbons (Fsp3) is 0.267. The van der Waals surface area contributed by atoms with Gasteiger partial charge in [0, 0.05) is 16.3 Å². The van der Waals surface area contributed by atoms with Gasteiger partial charge < -0.3 is 5.32 Å². The van der Waals surface area contributed by atoms with Gasteiger partial charge in [0.2, 0.25) is 5.91 Å². The Hall–Kier alpha value is -1.30. The normalized spacial score (nSPS) is 10.8. The van der Waals surface area contributed by atoms with E-state index in [2.05, 4.69) is 16.8 Å². The molecule has 0 atom stereocenters. The summed E-state index contributed by atoms with van der Waals surface area (Å²) in [5.41, 5.74) is 0.884. The van der Waals surface area contributed by atoms with Crippen LogP contribution in [0, 0.1) is 0 Å². The summed E-state index contributed by atoms with van der Waals surface area (Å²) in [5, 5.41) is 5.03. The summed E-state index contributed by atoms with van der Waals surface area (Å²) in [7, 11) is 1.96. The van der Waals surface area contributed by atoms with Crippen molar-refractivity contribution in [1.82, 2.24) is 4.90 Å². The number of hydrogen-bond acceptors (Lipinski definition) is 4. The van der Waals surface area contributed by atoms with Gasteiger partial charge in [-0.2, -0.15) is 0 Å². The Bertz CT molecular complexity index is 555. The minimum Gasteiger partial charge on any atom is -0.324 e. The maximum atomic E-state index is 12.1. The second-order valence-corrected chi connectivity index (χ2v) is 6.38. The summed E-state index contributed by atoms with van der Waals surface area (Å²) in [6.07, 6.45) is 2.01. The molecule has 0 bridgehead atoms. The molecule has 1 N–H and O–H groups in total. The third kappa shape index (κ3) is 4.37. The van der Waals surface area contributed by atoms with Crippen LogP contribution in [0.1, 0.15) is 4.88 Å². The highest BCUT2D eigenvalue weighted by molar-refractivity contribution is 7.98. The van der Waals surface area contributed by atoms with Gasteiger partial charge in [-0.1, -0.05) is 18.2 Å². The van der Waals surface area contributed by atoms with Crippen molar-refractivity contribution < 1.29 is 4.79 Å². The quantitative estimate of drug-likeness (QED) is 0.829. The van der Waals surface area contributed by atoms with Crippen LogP contribution in [0.15, 0.2) is 46.7 Å². The van der Waals surface area contributed by atoms with Crippen LogP contribution < -0.4 is 5.32 Å². The number of benzene rings is 1. The Balaban J connectivity index is 1.88. The average Bonchev–Trinajstić information content (AvgIpc) is 2.91. The van der Waals surface area contributed by atoms with E-state index < -0.39 is 0 Å². The largest absolute Gasteiger partial charge is 0.324 e. The van der Waals surface area contributed by atoms with E-state index in [0.717, 1.165) is 17.1 Å². The van der Waals surface area contributed by atoms with Gasteiger partial charge in [-0.25, -0.2) is 0 Å². The summed E-state index contributed by atoms with van der Waals surface area (Å²) in [6, 6.07) is 12.0. The van der Waals surface area contributed by atoms with Gasteiger partial charge >= 0.3 is 0 Å². The number of hydrogen-bond donors (Lipinski definition) is 1. The van der Waals surface area contributed by atoms with Crippen LogP contribution in [0.2, 0.25) is 0 Å². The summed E-state index contributed by atoms with van der Waals surface area (Å²) in [4.78, 5) is 16.4. The topological polar surface area (TPSA) is 32.3 Å². The molecule has 20 heavy (non-hydrogen) atoms. The van der Waals surface area contributed by atoms with E-state index in [1.165, 1.54) is 4.88 Å². The number of rotatable bonds is 6. The molecule has 2 rings (SSSR count). The lowest BCUT2D eigenvalue weighted by Crippen LogP contribution is -2.29. The Kier molecular flexibility index (Phi) is 5.64. The SMILES string of the molecule is CSc1ccccc1NC(=O)CN(C)Cc1cccs1. The molecule has 0 radical (unpaired) electrons. The number of nitrogens with one attached hydrogen (secondary N) is 1. The minimum absolute atomic E-state index is 0.0190. The molecule has 0 fully saturated rings. The van der Waals surface area contributed by atoms with Gasteiger partial charge in [0.1, 0.15) is 0 Å². The second-order valence-electron chi connectivity index (χ2n) is 4.50. The van der Waals surface area contributed by atoms with Crippen molar-refractivity contribution in [2.45, 2.75) is 11.4 Å². The molecule has 0 saturated heterocycles. The van der Waals surface area contributed by atoms with Crippen molar-refractivity contribution >= 4 is 34.7 Å². The van der Waals surface area contributed by atoms with Crippen molar-refractivity contribution in [2.24, 2.45) is 0 Å². The first-order valence-electron chi connectivity index (χ1n) is 6.33. The highest BCUT2D eigenvalue weighted by Gasteiger charge is 2.09. The monoisotopic (exact) mass is 306 g/mol. The number of likely N-dealkylation sites (N-methyl/N-ethyl adjacent to an activating group) is 1. The molecule has 1 amide bonds. The van der Waals surface area contributed by atoms with Gasteiger partial charge in [0.05, 0.1) is 12.2 Å². The molecular formula is C15H18N2OS2. The molecule has 1 aromatic heterocycles. The maximum absolute atomic E-state index is 12.1. The third-order valence-corrected chi connectivity index (χ3v) is 4.46. The van der Waals surface area contributed by atoms with Gasteiger partial charge in [-0.05, 0) is 36.9 Å². The molecule has 1 aromatic carbocycles. The van der Waals surface area contributed by atoms with Crippen molar-refractivity contribution in [3.8, 4) is 0 Å². The Labute approximate surface area is 128 Å². The fourth-order valence-electron chi connectivity index (χ4n) is 1.91. The molecule has 0 aliphatic carbocycles. The van der Waals surface area contributed by atoms with E-state index in [1.807, 2.05) is 48.5 Å². The molecule has 0 spiro atoms. The molecule has 1 heterocycles. The first kappa shape index (κ1) is 15.1. The molecule has 0 saturated carbocycles. The van der Waals surface area contributed by atoms with E-state index in [0.29, 0.717) is 6.54 Å². The number of thioether (sulfide) groups is 1. The standard InChI is InChI=1S/C15H18N2OS2/c1-17(10-12-6-5-9-20-12)11-15(18)16-13-7-3-4-8-14(13)19-2/h3-9H,10-11H2,1-2H3,(H,16,18). The molecular weight excluding hydrogens is 288 g/mol. The number of amides is 1. The summed E-state index contributed by atoms with van der Waals surface area (Å²) >= 11 is 3.35. The Morgan fingerprint density at radius 1 is 1.30 bits per heavy atom. The highest BCUT2D eigenvalue weighted by Crippen LogP contribution is 2.24. The fourth-order valence-corrected chi connectivity index (χ4v) is 3.24. The Morgan fingerprint density at radius 3 is 2.80 bits per heavy atom.